The van der Waals surface area contributed by atoms with Gasteiger partial charge in [-0.15, -0.1) is 0 Å². The summed E-state index contributed by atoms with van der Waals surface area (Å²) in [6, 6.07) is 0.715. The minimum absolute atomic E-state index is 0.0644. The van der Waals surface area contributed by atoms with Gasteiger partial charge in [0.2, 0.25) is 0 Å². The van der Waals surface area contributed by atoms with E-state index in [-0.39, 0.29) is 5.72 Å². The third-order valence-corrected chi connectivity index (χ3v) is 5.06. The summed E-state index contributed by atoms with van der Waals surface area (Å²) in [5.41, 5.74) is -0.0644. The average molecular weight is 269 g/mol. The fourth-order valence-electron chi connectivity index (χ4n) is 3.13. The fraction of sp³-hybridized carbons (Fsp3) is 1.00. The van der Waals surface area contributed by atoms with E-state index in [1.165, 1.54) is 51.4 Å². The Bertz CT molecular complexity index is 241. The summed E-state index contributed by atoms with van der Waals surface area (Å²) in [6.45, 7) is 10.0. The molecule has 0 aliphatic carbocycles. The third-order valence-electron chi connectivity index (χ3n) is 5.06. The van der Waals surface area contributed by atoms with Gasteiger partial charge in [0.15, 0.2) is 0 Å². The van der Waals surface area contributed by atoms with Crippen LogP contribution in [0, 0.1) is 5.92 Å². The Balaban J connectivity index is 2.29. The van der Waals surface area contributed by atoms with E-state index in [0.717, 1.165) is 6.61 Å². The van der Waals surface area contributed by atoms with Crippen LogP contribution in [0.5, 0.6) is 0 Å². The van der Waals surface area contributed by atoms with E-state index in [1.54, 1.807) is 0 Å². The van der Waals surface area contributed by atoms with Crippen LogP contribution < -0.4 is 0 Å². The molecule has 19 heavy (non-hydrogen) atoms. The lowest BCUT2D eigenvalue weighted by molar-refractivity contribution is -0.210. The van der Waals surface area contributed by atoms with Crippen molar-refractivity contribution in [3.63, 3.8) is 0 Å². The molecule has 1 aliphatic heterocycles. The van der Waals surface area contributed by atoms with Crippen LogP contribution in [-0.4, -0.2) is 30.3 Å². The summed E-state index contributed by atoms with van der Waals surface area (Å²) in [6.07, 6.45) is 10.9. The summed E-state index contributed by atoms with van der Waals surface area (Å²) < 4.78 is 6.05. The van der Waals surface area contributed by atoms with Crippen LogP contribution in [-0.2, 0) is 4.74 Å². The molecule has 2 heteroatoms. The largest absolute Gasteiger partial charge is 0.360 e. The molecule has 0 N–H and O–H groups in total. The Hall–Kier alpha value is -0.0800. The number of nitrogens with zero attached hydrogens (tertiary/aromatic N) is 1. The van der Waals surface area contributed by atoms with Crippen LogP contribution in [0.2, 0.25) is 0 Å². The van der Waals surface area contributed by atoms with Gasteiger partial charge in [-0.1, -0.05) is 59.3 Å². The molecule has 2 unspecified atom stereocenters. The molecular weight excluding hydrogens is 234 g/mol. The highest BCUT2D eigenvalue weighted by Gasteiger charge is 2.40. The monoisotopic (exact) mass is 269 g/mol. The molecule has 1 saturated heterocycles. The van der Waals surface area contributed by atoms with Gasteiger partial charge in [0.05, 0.1) is 6.61 Å². The summed E-state index contributed by atoms with van der Waals surface area (Å²) in [7, 11) is 2.25. The van der Waals surface area contributed by atoms with Crippen LogP contribution in [0.4, 0.5) is 0 Å². The van der Waals surface area contributed by atoms with Crippen molar-refractivity contribution in [3.05, 3.63) is 0 Å². The molecule has 0 spiro atoms. The van der Waals surface area contributed by atoms with Crippen molar-refractivity contribution in [1.29, 1.82) is 0 Å². The molecule has 1 rings (SSSR count). The van der Waals surface area contributed by atoms with E-state index >= 15 is 0 Å². The summed E-state index contributed by atoms with van der Waals surface area (Å²) in [4.78, 5) is 2.49. The predicted molar refractivity (Wildman–Crippen MR) is 83.4 cm³/mol. The van der Waals surface area contributed by atoms with Crippen LogP contribution in [0.3, 0.4) is 0 Å². The predicted octanol–water partition coefficient (Wildman–Crippen LogP) is 4.83. The Morgan fingerprint density at radius 1 is 1.16 bits per heavy atom. The quantitative estimate of drug-likeness (QED) is 0.585. The van der Waals surface area contributed by atoms with Gasteiger partial charge in [0, 0.05) is 6.04 Å². The second-order valence-corrected chi connectivity index (χ2v) is 6.67. The Morgan fingerprint density at radius 2 is 1.79 bits per heavy atom. The van der Waals surface area contributed by atoms with E-state index in [2.05, 4.69) is 39.6 Å². The van der Waals surface area contributed by atoms with E-state index in [4.69, 9.17) is 4.74 Å². The highest BCUT2D eigenvalue weighted by Crippen LogP contribution is 2.33. The first-order valence-corrected chi connectivity index (χ1v) is 8.39. The van der Waals surface area contributed by atoms with Gasteiger partial charge in [0.1, 0.15) is 5.72 Å². The second kappa shape index (κ2) is 8.26. The highest BCUT2D eigenvalue weighted by atomic mass is 16.5. The highest BCUT2D eigenvalue weighted by molar-refractivity contribution is 4.87. The molecule has 1 aliphatic rings. The molecule has 0 amide bonds. The lowest BCUT2D eigenvalue weighted by Crippen LogP contribution is -2.58. The lowest BCUT2D eigenvalue weighted by Gasteiger charge is -2.49. The minimum atomic E-state index is -0.0644. The van der Waals surface area contributed by atoms with Gasteiger partial charge in [-0.2, -0.15) is 0 Å². The van der Waals surface area contributed by atoms with E-state index in [0.29, 0.717) is 12.0 Å². The zero-order chi connectivity index (χ0) is 14.3. The van der Waals surface area contributed by atoms with Gasteiger partial charge >= 0.3 is 0 Å². The van der Waals surface area contributed by atoms with Gasteiger partial charge in [0.25, 0.3) is 0 Å². The number of ether oxygens (including phenoxy) is 1. The molecule has 1 fully saturated rings. The maximum atomic E-state index is 6.05. The average Bonchev–Trinajstić information content (AvgIpc) is 2.38. The Labute approximate surface area is 120 Å². The first-order valence-electron chi connectivity index (χ1n) is 8.39. The molecule has 2 nitrogen and oxygen atoms in total. The number of unbranched alkanes of at least 4 members (excludes halogenated alkanes) is 5. The van der Waals surface area contributed by atoms with Crippen molar-refractivity contribution < 1.29 is 4.74 Å². The van der Waals surface area contributed by atoms with Crippen LogP contribution >= 0.6 is 0 Å². The van der Waals surface area contributed by atoms with E-state index in [9.17, 15) is 0 Å². The van der Waals surface area contributed by atoms with Crippen molar-refractivity contribution in [2.75, 3.05) is 13.7 Å². The van der Waals surface area contributed by atoms with Crippen LogP contribution in [0.25, 0.3) is 0 Å². The zero-order valence-corrected chi connectivity index (χ0v) is 13.9. The normalized spacial score (nSPS) is 29.1. The minimum Gasteiger partial charge on any atom is -0.360 e. The number of rotatable bonds is 8. The molecule has 0 aromatic heterocycles. The Morgan fingerprint density at radius 3 is 2.42 bits per heavy atom. The van der Waals surface area contributed by atoms with Crippen molar-refractivity contribution in [2.45, 2.75) is 90.8 Å². The van der Waals surface area contributed by atoms with Gasteiger partial charge in [-0.3, -0.25) is 4.90 Å². The van der Waals surface area contributed by atoms with Crippen molar-refractivity contribution in [3.8, 4) is 0 Å². The molecule has 2 atom stereocenters. The molecule has 0 saturated carbocycles. The van der Waals surface area contributed by atoms with Gasteiger partial charge < -0.3 is 4.74 Å². The summed E-state index contributed by atoms with van der Waals surface area (Å²) in [5.74, 6) is 0.546. The van der Waals surface area contributed by atoms with Crippen LogP contribution in [0.1, 0.15) is 79.1 Å². The summed E-state index contributed by atoms with van der Waals surface area (Å²) >= 11 is 0. The SMILES string of the molecule is CCCCCCCCC1CCOC(C)(C(C)C)N1C. The first kappa shape index (κ1) is 17.0. The molecule has 114 valence electrons. The first-order chi connectivity index (χ1) is 9.02. The number of hydrogen-bond donors (Lipinski definition) is 0. The second-order valence-electron chi connectivity index (χ2n) is 6.67. The van der Waals surface area contributed by atoms with Crippen LogP contribution in [0.15, 0.2) is 0 Å². The van der Waals surface area contributed by atoms with E-state index in [1.807, 2.05) is 0 Å². The molecular formula is C17H35NO. The molecule has 0 aromatic carbocycles. The van der Waals surface area contributed by atoms with Crippen molar-refractivity contribution in [1.82, 2.24) is 4.90 Å². The fourth-order valence-corrected chi connectivity index (χ4v) is 3.13. The smallest absolute Gasteiger partial charge is 0.121 e. The van der Waals surface area contributed by atoms with E-state index < -0.39 is 0 Å². The van der Waals surface area contributed by atoms with Crippen molar-refractivity contribution in [2.24, 2.45) is 5.92 Å². The topological polar surface area (TPSA) is 12.5 Å². The maximum Gasteiger partial charge on any atom is 0.121 e. The van der Waals surface area contributed by atoms with Gasteiger partial charge in [-0.05, 0) is 32.7 Å². The zero-order valence-electron chi connectivity index (χ0n) is 13.9. The summed E-state index contributed by atoms with van der Waals surface area (Å²) in [5, 5.41) is 0. The number of hydrogen-bond acceptors (Lipinski definition) is 2. The Kier molecular flexibility index (Phi) is 7.38. The molecule has 0 aromatic rings. The maximum absolute atomic E-state index is 6.05. The third kappa shape index (κ3) is 4.75. The molecule has 1 heterocycles. The van der Waals surface area contributed by atoms with Crippen molar-refractivity contribution >= 4 is 0 Å². The van der Waals surface area contributed by atoms with Gasteiger partial charge in [-0.25, -0.2) is 0 Å². The molecule has 0 bridgehead atoms. The molecule has 0 radical (unpaired) electrons. The standard InChI is InChI=1S/C17H35NO/c1-6-7-8-9-10-11-12-16-13-14-19-17(4,15(2)3)18(16)5/h15-16H,6-14H2,1-5H3. The lowest BCUT2D eigenvalue weighted by atomic mass is 9.93.